The van der Waals surface area contributed by atoms with E-state index in [0.717, 1.165) is 0 Å². The van der Waals surface area contributed by atoms with Crippen LogP contribution < -0.4 is 0 Å². The van der Waals surface area contributed by atoms with Crippen molar-refractivity contribution in [3.8, 4) is 0 Å². The molecule has 0 saturated carbocycles. The molecule has 0 atom stereocenters. The summed E-state index contributed by atoms with van der Waals surface area (Å²) < 4.78 is 14.6. The average molecular weight is 226 g/mol. The summed E-state index contributed by atoms with van der Waals surface area (Å²) in [6.45, 7) is 3.75. The summed E-state index contributed by atoms with van der Waals surface area (Å²) in [6.07, 6.45) is 1.39. The van der Waals surface area contributed by atoms with E-state index in [0.29, 0.717) is 0 Å². The van der Waals surface area contributed by atoms with Gasteiger partial charge < -0.3 is 13.9 Å². The molecule has 1 rings (SSSR count). The molecule has 5 nitrogen and oxygen atoms in total. The molecule has 0 aliphatic rings. The zero-order valence-electron chi connectivity index (χ0n) is 9.26. The topological polar surface area (TPSA) is 65.7 Å². The fraction of sp³-hybridized carbons (Fsp3) is 0.455. The molecule has 1 aromatic heterocycles. The first-order valence-corrected chi connectivity index (χ1v) is 5.07. The number of rotatable bonds is 5. The second-order valence-corrected chi connectivity index (χ2v) is 2.95. The van der Waals surface area contributed by atoms with Crippen LogP contribution >= 0.6 is 0 Å². The molecule has 88 valence electrons. The van der Waals surface area contributed by atoms with Crippen molar-refractivity contribution in [1.29, 1.82) is 0 Å². The maximum Gasteiger partial charge on any atom is 0.328 e. The Morgan fingerprint density at radius 2 is 1.81 bits per heavy atom. The van der Waals surface area contributed by atoms with E-state index in [1.54, 1.807) is 26.0 Å². The molecule has 0 N–H and O–H groups in total. The van der Waals surface area contributed by atoms with Crippen LogP contribution in [0.15, 0.2) is 22.8 Å². The number of esters is 2. The third-order valence-electron chi connectivity index (χ3n) is 1.87. The van der Waals surface area contributed by atoms with Gasteiger partial charge in [-0.3, -0.25) is 9.59 Å². The summed E-state index contributed by atoms with van der Waals surface area (Å²) >= 11 is 0. The molecule has 5 heteroatoms. The van der Waals surface area contributed by atoms with Crippen LogP contribution in [0, 0.1) is 0 Å². The molecule has 0 saturated heterocycles. The molecule has 0 bridgehead atoms. The number of hydrogen-bond acceptors (Lipinski definition) is 5. The van der Waals surface area contributed by atoms with Crippen LogP contribution in [0.5, 0.6) is 0 Å². The highest BCUT2D eigenvalue weighted by Crippen LogP contribution is 2.19. The SMILES string of the molecule is CCOC(=O)C(C(=O)OCC)c1ccco1. The molecule has 16 heavy (non-hydrogen) atoms. The van der Waals surface area contributed by atoms with E-state index >= 15 is 0 Å². The van der Waals surface area contributed by atoms with Crippen molar-refractivity contribution in [3.05, 3.63) is 24.2 Å². The highest BCUT2D eigenvalue weighted by atomic mass is 16.6. The Balaban J connectivity index is 2.85. The van der Waals surface area contributed by atoms with Gasteiger partial charge in [0.25, 0.3) is 0 Å². The van der Waals surface area contributed by atoms with Crippen molar-refractivity contribution in [2.75, 3.05) is 13.2 Å². The summed E-state index contributed by atoms with van der Waals surface area (Å²) in [4.78, 5) is 23.1. The average Bonchev–Trinajstić information content (AvgIpc) is 2.72. The van der Waals surface area contributed by atoms with E-state index in [-0.39, 0.29) is 19.0 Å². The predicted octanol–water partition coefficient (Wildman–Crippen LogP) is 1.49. The Morgan fingerprint density at radius 3 is 2.19 bits per heavy atom. The highest BCUT2D eigenvalue weighted by Gasteiger charge is 2.33. The van der Waals surface area contributed by atoms with E-state index in [2.05, 4.69) is 0 Å². The minimum atomic E-state index is -1.13. The second-order valence-electron chi connectivity index (χ2n) is 2.95. The third kappa shape index (κ3) is 2.85. The number of furan rings is 1. The normalized spacial score (nSPS) is 10.2. The Kier molecular flexibility index (Phi) is 4.57. The second kappa shape index (κ2) is 5.95. The van der Waals surface area contributed by atoms with Gasteiger partial charge in [-0.2, -0.15) is 0 Å². The maximum atomic E-state index is 11.6. The largest absolute Gasteiger partial charge is 0.468 e. The van der Waals surface area contributed by atoms with Crippen LogP contribution in [-0.2, 0) is 19.1 Å². The van der Waals surface area contributed by atoms with Gasteiger partial charge >= 0.3 is 11.9 Å². The molecule has 0 fully saturated rings. The minimum Gasteiger partial charge on any atom is -0.468 e. The van der Waals surface area contributed by atoms with Gasteiger partial charge in [0.1, 0.15) is 5.76 Å². The van der Waals surface area contributed by atoms with E-state index in [4.69, 9.17) is 13.9 Å². The molecule has 0 aromatic carbocycles. The van der Waals surface area contributed by atoms with Gasteiger partial charge in [0.15, 0.2) is 0 Å². The monoisotopic (exact) mass is 226 g/mol. The number of carbonyl (C=O) groups is 2. The molecular formula is C11H14O5. The number of carbonyl (C=O) groups excluding carboxylic acids is 2. The Bertz CT molecular complexity index is 323. The molecule has 0 aliphatic heterocycles. The fourth-order valence-corrected chi connectivity index (χ4v) is 1.24. The maximum absolute atomic E-state index is 11.6. The van der Waals surface area contributed by atoms with Crippen LogP contribution in [0.2, 0.25) is 0 Å². The van der Waals surface area contributed by atoms with Gasteiger partial charge in [0.05, 0.1) is 19.5 Å². The Hall–Kier alpha value is -1.78. The zero-order valence-corrected chi connectivity index (χ0v) is 9.26. The van der Waals surface area contributed by atoms with Gasteiger partial charge in [0, 0.05) is 0 Å². The van der Waals surface area contributed by atoms with Crippen molar-refractivity contribution >= 4 is 11.9 Å². The molecule has 0 unspecified atom stereocenters. The molecular weight excluding hydrogens is 212 g/mol. The van der Waals surface area contributed by atoms with E-state index in [9.17, 15) is 9.59 Å². The van der Waals surface area contributed by atoms with Crippen molar-refractivity contribution in [1.82, 2.24) is 0 Å². The molecule has 1 heterocycles. The predicted molar refractivity (Wildman–Crippen MR) is 54.7 cm³/mol. The van der Waals surface area contributed by atoms with Crippen LogP contribution in [0.25, 0.3) is 0 Å². The van der Waals surface area contributed by atoms with Gasteiger partial charge in [-0.05, 0) is 26.0 Å². The van der Waals surface area contributed by atoms with Crippen LogP contribution in [-0.4, -0.2) is 25.2 Å². The van der Waals surface area contributed by atoms with Crippen LogP contribution in [0.3, 0.4) is 0 Å². The highest BCUT2D eigenvalue weighted by molar-refractivity contribution is 6.00. The zero-order chi connectivity index (χ0) is 12.0. The van der Waals surface area contributed by atoms with E-state index in [1.807, 2.05) is 0 Å². The first-order chi connectivity index (χ1) is 7.70. The van der Waals surface area contributed by atoms with Gasteiger partial charge in [0.2, 0.25) is 5.92 Å². The lowest BCUT2D eigenvalue weighted by Gasteiger charge is -2.11. The number of hydrogen-bond donors (Lipinski definition) is 0. The molecule has 1 aromatic rings. The van der Waals surface area contributed by atoms with Crippen molar-refractivity contribution in [2.24, 2.45) is 0 Å². The number of ether oxygens (including phenoxy) is 2. The van der Waals surface area contributed by atoms with Gasteiger partial charge in [-0.25, -0.2) is 0 Å². The summed E-state index contributed by atoms with van der Waals surface area (Å²) in [5.41, 5.74) is 0. The molecule has 0 amide bonds. The van der Waals surface area contributed by atoms with E-state index < -0.39 is 17.9 Å². The third-order valence-corrected chi connectivity index (χ3v) is 1.87. The quantitative estimate of drug-likeness (QED) is 0.562. The first kappa shape index (κ1) is 12.3. The summed E-state index contributed by atoms with van der Waals surface area (Å²) in [7, 11) is 0. The standard InChI is InChI=1S/C11H14O5/c1-3-14-10(12)9(11(13)15-4-2)8-6-5-7-16-8/h5-7,9H,3-4H2,1-2H3. The molecule has 0 radical (unpaired) electrons. The fourth-order valence-electron chi connectivity index (χ4n) is 1.24. The summed E-state index contributed by atoms with van der Waals surface area (Å²) in [5, 5.41) is 0. The smallest absolute Gasteiger partial charge is 0.328 e. The van der Waals surface area contributed by atoms with Crippen LogP contribution in [0.1, 0.15) is 25.5 Å². The lowest BCUT2D eigenvalue weighted by molar-refractivity contribution is -0.157. The summed E-state index contributed by atoms with van der Waals surface area (Å²) in [6, 6.07) is 3.14. The molecule has 0 spiro atoms. The lowest BCUT2D eigenvalue weighted by atomic mass is 10.1. The van der Waals surface area contributed by atoms with Gasteiger partial charge in [-0.1, -0.05) is 0 Å². The van der Waals surface area contributed by atoms with Crippen molar-refractivity contribution in [2.45, 2.75) is 19.8 Å². The summed E-state index contributed by atoms with van der Waals surface area (Å²) in [5.74, 6) is -2.21. The Morgan fingerprint density at radius 1 is 1.25 bits per heavy atom. The van der Waals surface area contributed by atoms with E-state index in [1.165, 1.54) is 6.26 Å². The van der Waals surface area contributed by atoms with Gasteiger partial charge in [-0.15, -0.1) is 0 Å². The van der Waals surface area contributed by atoms with Crippen molar-refractivity contribution < 1.29 is 23.5 Å². The van der Waals surface area contributed by atoms with Crippen LogP contribution in [0.4, 0.5) is 0 Å². The minimum absolute atomic E-state index is 0.204. The Labute approximate surface area is 93.3 Å². The lowest BCUT2D eigenvalue weighted by Crippen LogP contribution is -2.25. The molecule has 0 aliphatic carbocycles. The van der Waals surface area contributed by atoms with Crippen molar-refractivity contribution in [3.63, 3.8) is 0 Å². The first-order valence-electron chi connectivity index (χ1n) is 5.07.